The van der Waals surface area contributed by atoms with E-state index in [-0.39, 0.29) is 0 Å². The second-order valence-electron chi connectivity index (χ2n) is 5.93. The third-order valence-electron chi connectivity index (χ3n) is 4.20. The lowest BCUT2D eigenvalue weighted by Gasteiger charge is -2.20. The Morgan fingerprint density at radius 3 is 2.81 bits per heavy atom. The van der Waals surface area contributed by atoms with Crippen LogP contribution in [0, 0.1) is 17.8 Å². The van der Waals surface area contributed by atoms with Crippen LogP contribution in [0.3, 0.4) is 0 Å². The Hall–Kier alpha value is -0.0800. The average molecular weight is 224 g/mol. The van der Waals surface area contributed by atoms with E-state index in [1.807, 2.05) is 0 Å². The van der Waals surface area contributed by atoms with Crippen LogP contribution in [0.1, 0.15) is 39.5 Å². The van der Waals surface area contributed by atoms with Crippen LogP contribution < -0.4 is 5.32 Å². The van der Waals surface area contributed by atoms with Crippen molar-refractivity contribution in [2.24, 2.45) is 17.8 Å². The van der Waals surface area contributed by atoms with E-state index in [0.717, 1.165) is 17.8 Å². The summed E-state index contributed by atoms with van der Waals surface area (Å²) >= 11 is 0. The molecule has 0 spiro atoms. The van der Waals surface area contributed by atoms with Crippen LogP contribution in [0.25, 0.3) is 0 Å². The predicted octanol–water partition coefficient (Wildman–Crippen LogP) is 2.35. The van der Waals surface area contributed by atoms with E-state index in [0.29, 0.717) is 0 Å². The van der Waals surface area contributed by atoms with Crippen LogP contribution in [0.4, 0.5) is 0 Å². The molecular weight excluding hydrogens is 196 g/mol. The summed E-state index contributed by atoms with van der Waals surface area (Å²) in [7, 11) is 0. The van der Waals surface area contributed by atoms with Crippen LogP contribution in [0.5, 0.6) is 0 Å². The Bertz CT molecular complexity index is 201. The zero-order valence-corrected chi connectivity index (χ0v) is 11.0. The van der Waals surface area contributed by atoms with E-state index in [1.165, 1.54) is 58.4 Å². The van der Waals surface area contributed by atoms with Crippen molar-refractivity contribution >= 4 is 0 Å². The van der Waals surface area contributed by atoms with E-state index in [9.17, 15) is 0 Å². The van der Waals surface area contributed by atoms with E-state index in [1.54, 1.807) is 0 Å². The third-order valence-corrected chi connectivity index (χ3v) is 4.20. The van der Waals surface area contributed by atoms with Crippen molar-refractivity contribution in [3.63, 3.8) is 0 Å². The minimum atomic E-state index is 0.915. The molecule has 0 aromatic heterocycles. The summed E-state index contributed by atoms with van der Waals surface area (Å²) in [5, 5.41) is 3.56. The van der Waals surface area contributed by atoms with Gasteiger partial charge >= 0.3 is 0 Å². The first-order valence-corrected chi connectivity index (χ1v) is 7.22. The molecule has 1 aliphatic carbocycles. The minimum Gasteiger partial charge on any atom is -0.316 e. The van der Waals surface area contributed by atoms with Gasteiger partial charge in [0.25, 0.3) is 0 Å². The Balaban J connectivity index is 1.59. The Morgan fingerprint density at radius 1 is 1.31 bits per heavy atom. The Morgan fingerprint density at radius 2 is 2.12 bits per heavy atom. The predicted molar refractivity (Wildman–Crippen MR) is 69.6 cm³/mol. The second-order valence-corrected chi connectivity index (χ2v) is 5.93. The van der Waals surface area contributed by atoms with E-state index >= 15 is 0 Å². The van der Waals surface area contributed by atoms with Crippen molar-refractivity contribution in [1.82, 2.24) is 10.2 Å². The van der Waals surface area contributed by atoms with Crippen LogP contribution in [-0.2, 0) is 0 Å². The van der Waals surface area contributed by atoms with Crippen molar-refractivity contribution in [3.8, 4) is 0 Å². The largest absolute Gasteiger partial charge is 0.316 e. The quantitative estimate of drug-likeness (QED) is 0.668. The normalized spacial score (nSPS) is 28.5. The molecule has 2 atom stereocenters. The van der Waals surface area contributed by atoms with Gasteiger partial charge in [-0.05, 0) is 63.1 Å². The minimum absolute atomic E-state index is 0.915. The zero-order chi connectivity index (χ0) is 11.4. The summed E-state index contributed by atoms with van der Waals surface area (Å²) in [6, 6.07) is 0. The van der Waals surface area contributed by atoms with E-state index in [2.05, 4.69) is 24.1 Å². The monoisotopic (exact) mass is 224 g/mol. The van der Waals surface area contributed by atoms with Gasteiger partial charge in [0.2, 0.25) is 0 Å². The smallest absolute Gasteiger partial charge is 0.00224 e. The highest BCUT2D eigenvalue weighted by molar-refractivity contribution is 4.84. The molecule has 2 rings (SSSR count). The van der Waals surface area contributed by atoms with Crippen LogP contribution in [0.2, 0.25) is 0 Å². The number of rotatable bonds is 7. The topological polar surface area (TPSA) is 15.3 Å². The van der Waals surface area contributed by atoms with Crippen LogP contribution in [-0.4, -0.2) is 37.6 Å². The first-order valence-electron chi connectivity index (χ1n) is 7.22. The third kappa shape index (κ3) is 3.74. The molecule has 1 saturated carbocycles. The summed E-state index contributed by atoms with van der Waals surface area (Å²) in [4.78, 5) is 2.70. The number of hydrogen-bond acceptors (Lipinski definition) is 2. The molecule has 1 saturated heterocycles. The lowest BCUT2D eigenvalue weighted by Crippen LogP contribution is -2.30. The highest BCUT2D eigenvalue weighted by atomic mass is 15.2. The van der Waals surface area contributed by atoms with Crippen molar-refractivity contribution in [2.75, 3.05) is 32.7 Å². The Labute approximate surface area is 101 Å². The molecule has 94 valence electrons. The molecule has 0 aromatic carbocycles. The average Bonchev–Trinajstić information content (AvgIpc) is 3.03. The van der Waals surface area contributed by atoms with Gasteiger partial charge in [0.15, 0.2) is 0 Å². The fourth-order valence-electron chi connectivity index (χ4n) is 2.95. The van der Waals surface area contributed by atoms with Gasteiger partial charge in [-0.2, -0.15) is 0 Å². The van der Waals surface area contributed by atoms with Gasteiger partial charge in [0.05, 0.1) is 0 Å². The molecule has 1 N–H and O–H groups in total. The molecule has 16 heavy (non-hydrogen) atoms. The fraction of sp³-hybridized carbons (Fsp3) is 1.00. The molecule has 2 nitrogen and oxygen atoms in total. The molecule has 0 amide bonds. The van der Waals surface area contributed by atoms with Gasteiger partial charge in [0, 0.05) is 13.1 Å². The first kappa shape index (κ1) is 12.4. The van der Waals surface area contributed by atoms with E-state index < -0.39 is 0 Å². The maximum atomic E-state index is 3.56. The van der Waals surface area contributed by atoms with Gasteiger partial charge < -0.3 is 10.2 Å². The van der Waals surface area contributed by atoms with E-state index in [4.69, 9.17) is 0 Å². The summed E-state index contributed by atoms with van der Waals surface area (Å²) in [6.45, 7) is 11.2. The lowest BCUT2D eigenvalue weighted by atomic mass is 10.1. The molecular formula is C14H28N2. The second kappa shape index (κ2) is 6.02. The van der Waals surface area contributed by atoms with Gasteiger partial charge in [-0.25, -0.2) is 0 Å². The molecule has 2 heteroatoms. The first-order chi connectivity index (χ1) is 7.79. The van der Waals surface area contributed by atoms with Crippen molar-refractivity contribution < 1.29 is 0 Å². The maximum Gasteiger partial charge on any atom is 0.00224 e. The summed E-state index contributed by atoms with van der Waals surface area (Å²) in [6.07, 6.45) is 5.66. The summed E-state index contributed by atoms with van der Waals surface area (Å²) in [5.74, 6) is 2.93. The van der Waals surface area contributed by atoms with Crippen LogP contribution in [0.15, 0.2) is 0 Å². The van der Waals surface area contributed by atoms with Crippen LogP contribution >= 0.6 is 0 Å². The van der Waals surface area contributed by atoms with Crippen molar-refractivity contribution in [2.45, 2.75) is 39.5 Å². The van der Waals surface area contributed by atoms with Crippen molar-refractivity contribution in [3.05, 3.63) is 0 Å². The maximum absolute atomic E-state index is 3.56. The SMILES string of the molecule is CCCNCC1CCN(CC(C)C2CC2)C1. The van der Waals surface area contributed by atoms with Gasteiger partial charge in [-0.1, -0.05) is 13.8 Å². The summed E-state index contributed by atoms with van der Waals surface area (Å²) in [5.41, 5.74) is 0. The van der Waals surface area contributed by atoms with Crippen molar-refractivity contribution in [1.29, 1.82) is 0 Å². The molecule has 2 fully saturated rings. The molecule has 1 aliphatic heterocycles. The fourth-order valence-corrected chi connectivity index (χ4v) is 2.95. The van der Waals surface area contributed by atoms with Gasteiger partial charge in [0.1, 0.15) is 0 Å². The zero-order valence-electron chi connectivity index (χ0n) is 11.0. The molecule has 0 bridgehead atoms. The number of likely N-dealkylation sites (tertiary alicyclic amines) is 1. The Kier molecular flexibility index (Phi) is 4.66. The molecule has 0 aromatic rings. The number of nitrogens with one attached hydrogen (secondary N) is 1. The number of hydrogen-bond donors (Lipinski definition) is 1. The standard InChI is InChI=1S/C14H28N2/c1-3-7-15-9-13-6-8-16(11-13)10-12(2)14-4-5-14/h12-15H,3-11H2,1-2H3. The molecule has 1 heterocycles. The lowest BCUT2D eigenvalue weighted by molar-refractivity contribution is 0.262. The molecule has 0 radical (unpaired) electrons. The molecule has 2 unspecified atom stereocenters. The number of nitrogens with zero attached hydrogens (tertiary/aromatic N) is 1. The summed E-state index contributed by atoms with van der Waals surface area (Å²) < 4.78 is 0. The van der Waals surface area contributed by atoms with Gasteiger partial charge in [-0.15, -0.1) is 0 Å². The highest BCUT2D eigenvalue weighted by Crippen LogP contribution is 2.37. The molecule has 2 aliphatic rings. The van der Waals surface area contributed by atoms with Gasteiger partial charge in [-0.3, -0.25) is 0 Å². The highest BCUT2D eigenvalue weighted by Gasteiger charge is 2.31.